The minimum atomic E-state index is 1.60. The van der Waals surface area contributed by atoms with E-state index in [1.54, 1.807) is 23.0 Å². The number of rotatable bonds is 0. The number of aromatic nitrogens is 1. The lowest BCUT2D eigenvalue weighted by molar-refractivity contribution is -0.465. The van der Waals surface area contributed by atoms with Crippen molar-refractivity contribution >= 4 is 11.3 Å². The number of thiazole rings is 1. The van der Waals surface area contributed by atoms with E-state index in [-0.39, 0.29) is 0 Å². The Kier molecular flexibility index (Phi) is 6.11. The summed E-state index contributed by atoms with van der Waals surface area (Å²) in [6, 6.07) is 0. The van der Waals surface area contributed by atoms with Gasteiger partial charge in [-0.2, -0.15) is 0 Å². The van der Waals surface area contributed by atoms with Crippen LogP contribution in [0.25, 0.3) is 0 Å². The van der Waals surface area contributed by atoms with Crippen molar-refractivity contribution in [2.45, 2.75) is 0 Å². The van der Waals surface area contributed by atoms with Gasteiger partial charge in [0, 0.05) is 11.6 Å². The molecule has 0 atom stereocenters. The van der Waals surface area contributed by atoms with Gasteiger partial charge in [0.15, 0.2) is 0 Å². The average molecular weight is 135 g/mol. The molecule has 0 aliphatic rings. The van der Waals surface area contributed by atoms with Gasteiger partial charge in [0.25, 0.3) is 0 Å². The smallest absolute Gasteiger partial charge is 0.0791 e. The Labute approximate surface area is 49.9 Å². The molecule has 5 heteroatoms. The predicted molar refractivity (Wildman–Crippen MR) is 28.5 cm³/mol. The van der Waals surface area contributed by atoms with Crippen molar-refractivity contribution in [2.75, 3.05) is 0 Å². The van der Waals surface area contributed by atoms with Crippen molar-refractivity contribution in [3.05, 3.63) is 17.1 Å². The molecule has 1 aromatic heterocycles. The Morgan fingerprint density at radius 1 is 1.50 bits per heavy atom. The Bertz CT molecular complexity index is 81.4. The van der Waals surface area contributed by atoms with Crippen LogP contribution in [0.1, 0.15) is 0 Å². The average Bonchev–Trinajstić information content (AvgIpc) is 2.17. The fraction of sp³-hybridized carbons (Fsp3) is 0. The third kappa shape index (κ3) is 5.51. The van der Waals surface area contributed by atoms with E-state index in [1.807, 2.05) is 5.38 Å². The topological polar surface area (TPSA) is 62.6 Å². The summed E-state index contributed by atoms with van der Waals surface area (Å²) < 4.78 is 0. The van der Waals surface area contributed by atoms with Gasteiger partial charge < -0.3 is 0 Å². The number of nitrogens with zero attached hydrogens (tertiary/aromatic N) is 1. The van der Waals surface area contributed by atoms with Crippen LogP contribution in [0.15, 0.2) is 17.1 Å². The highest BCUT2D eigenvalue weighted by atomic mass is 32.1. The largest absolute Gasteiger partial charge is 0.253 e. The molecule has 0 saturated carbocycles. The van der Waals surface area contributed by atoms with E-state index in [4.69, 9.17) is 10.5 Å². The first-order chi connectivity index (χ1) is 3.91. The van der Waals surface area contributed by atoms with Gasteiger partial charge in [-0.25, -0.2) is 10.5 Å². The predicted octanol–water partition coefficient (Wildman–Crippen LogP) is 1.09. The fourth-order valence-corrected chi connectivity index (χ4v) is 0.527. The summed E-state index contributed by atoms with van der Waals surface area (Å²) in [6.45, 7) is 0. The van der Waals surface area contributed by atoms with E-state index in [0.717, 1.165) is 0 Å². The standard InChI is InChI=1S/C3H3NS.H2O3/c1-2-5-3-4-1;1-3-2/h1-3H;1-2H. The lowest BCUT2D eigenvalue weighted by atomic mass is 11.0. The lowest BCUT2D eigenvalue weighted by Gasteiger charge is -1.56. The SMILES string of the molecule is OOO.c1cscn1. The quantitative estimate of drug-likeness (QED) is 0.413. The Hall–Kier alpha value is -0.490. The minimum Gasteiger partial charge on any atom is -0.253 e. The minimum absolute atomic E-state index is 1.60. The maximum absolute atomic E-state index is 6.62. The highest BCUT2D eigenvalue weighted by Gasteiger charge is 1.59. The van der Waals surface area contributed by atoms with Crippen molar-refractivity contribution in [2.24, 2.45) is 0 Å². The first kappa shape index (κ1) is 7.51. The Morgan fingerprint density at radius 3 is 2.25 bits per heavy atom. The van der Waals surface area contributed by atoms with Crippen LogP contribution in [-0.2, 0) is 5.04 Å². The summed E-state index contributed by atoms with van der Waals surface area (Å²) in [5.41, 5.74) is 1.79. The van der Waals surface area contributed by atoms with E-state index in [2.05, 4.69) is 10.0 Å². The molecule has 0 unspecified atom stereocenters. The summed E-state index contributed by atoms with van der Waals surface area (Å²) in [5.74, 6) is 0. The molecule has 0 aliphatic carbocycles. The van der Waals surface area contributed by atoms with E-state index in [9.17, 15) is 0 Å². The van der Waals surface area contributed by atoms with Gasteiger partial charge in [-0.1, -0.05) is 5.04 Å². The van der Waals surface area contributed by atoms with Gasteiger partial charge in [0.1, 0.15) is 0 Å². The van der Waals surface area contributed by atoms with Gasteiger partial charge >= 0.3 is 0 Å². The fourth-order valence-electron chi connectivity index (χ4n) is 0.176. The highest BCUT2D eigenvalue weighted by Crippen LogP contribution is 1.85. The molecule has 0 aromatic carbocycles. The monoisotopic (exact) mass is 135 g/mol. The molecule has 0 aliphatic heterocycles. The zero-order valence-corrected chi connectivity index (χ0v) is 4.71. The second kappa shape index (κ2) is 6.51. The van der Waals surface area contributed by atoms with Crippen LogP contribution in [0.3, 0.4) is 0 Å². The second-order valence-electron chi connectivity index (χ2n) is 0.757. The van der Waals surface area contributed by atoms with Crippen LogP contribution in [0.4, 0.5) is 0 Å². The van der Waals surface area contributed by atoms with Gasteiger partial charge in [-0.05, 0) is 0 Å². The molecule has 2 N–H and O–H groups in total. The van der Waals surface area contributed by atoms with Gasteiger partial charge in [0.05, 0.1) is 5.51 Å². The summed E-state index contributed by atoms with van der Waals surface area (Å²) in [4.78, 5) is 3.74. The Morgan fingerprint density at radius 2 is 2.12 bits per heavy atom. The zero-order valence-electron chi connectivity index (χ0n) is 3.89. The van der Waals surface area contributed by atoms with Crippen LogP contribution in [0, 0.1) is 0 Å². The van der Waals surface area contributed by atoms with Crippen LogP contribution in [-0.4, -0.2) is 15.5 Å². The zero-order chi connectivity index (χ0) is 6.24. The molecule has 1 heterocycles. The van der Waals surface area contributed by atoms with Gasteiger partial charge in [0.2, 0.25) is 0 Å². The van der Waals surface area contributed by atoms with Crippen LogP contribution in [0.5, 0.6) is 0 Å². The molecule has 1 rings (SSSR count). The molecular weight excluding hydrogens is 130 g/mol. The maximum Gasteiger partial charge on any atom is 0.0791 e. The van der Waals surface area contributed by atoms with Crippen molar-refractivity contribution in [3.63, 3.8) is 0 Å². The van der Waals surface area contributed by atoms with Gasteiger partial charge in [-0.15, -0.1) is 11.3 Å². The molecule has 46 valence electrons. The molecule has 0 amide bonds. The van der Waals surface area contributed by atoms with E-state index < -0.39 is 0 Å². The molecule has 8 heavy (non-hydrogen) atoms. The number of hydrogen-bond acceptors (Lipinski definition) is 5. The maximum atomic E-state index is 6.62. The van der Waals surface area contributed by atoms with E-state index >= 15 is 0 Å². The van der Waals surface area contributed by atoms with E-state index in [0.29, 0.717) is 0 Å². The van der Waals surface area contributed by atoms with Crippen LogP contribution in [0.2, 0.25) is 0 Å². The van der Waals surface area contributed by atoms with Gasteiger partial charge in [-0.3, -0.25) is 4.98 Å². The summed E-state index contributed by atoms with van der Waals surface area (Å²) in [6.07, 6.45) is 1.77. The Balaban J connectivity index is 0.000000145. The molecule has 0 bridgehead atoms. The molecule has 0 radical (unpaired) electrons. The second-order valence-corrected chi connectivity index (χ2v) is 1.51. The highest BCUT2D eigenvalue weighted by molar-refractivity contribution is 7.07. The third-order valence-electron chi connectivity index (χ3n) is 0.347. The first-order valence-electron chi connectivity index (χ1n) is 1.69. The molecule has 1 aromatic rings. The molecular formula is C3H5NO3S. The molecule has 4 nitrogen and oxygen atoms in total. The molecule has 0 saturated heterocycles. The summed E-state index contributed by atoms with van der Waals surface area (Å²) in [5, 5.41) is 17.4. The van der Waals surface area contributed by atoms with Crippen LogP contribution >= 0.6 is 11.3 Å². The van der Waals surface area contributed by atoms with Crippen molar-refractivity contribution in [3.8, 4) is 0 Å². The summed E-state index contributed by atoms with van der Waals surface area (Å²) in [7, 11) is 0. The van der Waals surface area contributed by atoms with Crippen molar-refractivity contribution in [1.82, 2.24) is 4.98 Å². The molecule has 0 spiro atoms. The van der Waals surface area contributed by atoms with E-state index in [1.165, 1.54) is 0 Å². The first-order valence-corrected chi connectivity index (χ1v) is 2.63. The third-order valence-corrected chi connectivity index (χ3v) is 0.869. The number of hydrogen-bond donors (Lipinski definition) is 2. The summed E-state index contributed by atoms with van der Waals surface area (Å²) >= 11 is 1.60. The van der Waals surface area contributed by atoms with Crippen molar-refractivity contribution in [1.29, 1.82) is 0 Å². The van der Waals surface area contributed by atoms with Crippen LogP contribution < -0.4 is 0 Å². The lowest BCUT2D eigenvalue weighted by Crippen LogP contribution is -1.60. The molecule has 0 fully saturated rings. The normalized spacial score (nSPS) is 7.25. The van der Waals surface area contributed by atoms with Crippen molar-refractivity contribution < 1.29 is 15.6 Å².